The van der Waals surface area contributed by atoms with E-state index in [2.05, 4.69) is 26.8 Å². The Bertz CT molecular complexity index is 1110. The van der Waals surface area contributed by atoms with Gasteiger partial charge >= 0.3 is 6.09 Å². The van der Waals surface area contributed by atoms with Crippen LogP contribution in [0.15, 0.2) is 12.1 Å². The molecule has 7 atom stereocenters. The fraction of sp³-hybridized carbons (Fsp3) is 0.759. The first-order chi connectivity index (χ1) is 16.9. The van der Waals surface area contributed by atoms with E-state index in [1.807, 2.05) is 24.8 Å². The number of carbonyl (C=O) groups is 1. The molecule has 3 saturated carbocycles. The molecule has 0 aromatic heterocycles. The van der Waals surface area contributed by atoms with Gasteiger partial charge in [-0.2, -0.15) is 0 Å². The van der Waals surface area contributed by atoms with Crippen molar-refractivity contribution >= 4 is 6.09 Å². The van der Waals surface area contributed by atoms with E-state index in [-0.39, 0.29) is 40.4 Å². The minimum absolute atomic E-state index is 0.0170. The second kappa shape index (κ2) is 7.31. The molecular formula is C29H41NO6. The number of nitrogens with zero attached hydrogens (tertiary/aromatic N) is 1. The molecule has 198 valence electrons. The summed E-state index contributed by atoms with van der Waals surface area (Å²) in [7, 11) is 3.49. The second-order valence-electron chi connectivity index (χ2n) is 12.9. The van der Waals surface area contributed by atoms with Crippen LogP contribution in [0.3, 0.4) is 0 Å². The van der Waals surface area contributed by atoms with E-state index >= 15 is 0 Å². The van der Waals surface area contributed by atoms with Crippen LogP contribution in [0.25, 0.3) is 0 Å². The van der Waals surface area contributed by atoms with Gasteiger partial charge in [-0.1, -0.05) is 26.8 Å². The maximum absolute atomic E-state index is 13.3. The second-order valence-corrected chi connectivity index (χ2v) is 12.9. The first kappa shape index (κ1) is 24.4. The third-order valence-electron chi connectivity index (χ3n) is 11.3. The molecule has 6 aliphatic rings. The fourth-order valence-electron chi connectivity index (χ4n) is 9.21. The minimum Gasteiger partial charge on any atom is -0.493 e. The van der Waals surface area contributed by atoms with Crippen LogP contribution in [-0.2, 0) is 21.3 Å². The zero-order valence-corrected chi connectivity index (χ0v) is 22.8. The molecule has 1 aromatic rings. The van der Waals surface area contributed by atoms with Gasteiger partial charge in [0, 0.05) is 42.0 Å². The number of hydrogen-bond acceptors (Lipinski definition) is 6. The number of amides is 1. The van der Waals surface area contributed by atoms with E-state index in [9.17, 15) is 9.90 Å². The smallest absolute Gasteiger partial charge is 0.410 e. The van der Waals surface area contributed by atoms with Gasteiger partial charge in [0.05, 0.1) is 19.3 Å². The molecule has 7 heteroatoms. The molecule has 4 aliphatic carbocycles. The highest BCUT2D eigenvalue weighted by Gasteiger charge is 2.82. The Morgan fingerprint density at radius 3 is 2.58 bits per heavy atom. The number of hydrogen-bond donors (Lipinski definition) is 1. The molecule has 1 amide bonds. The van der Waals surface area contributed by atoms with Crippen LogP contribution < -0.4 is 9.47 Å². The van der Waals surface area contributed by atoms with Gasteiger partial charge in [0.15, 0.2) is 11.5 Å². The van der Waals surface area contributed by atoms with Crippen LogP contribution in [0.1, 0.15) is 71.4 Å². The molecule has 7 rings (SSSR count). The van der Waals surface area contributed by atoms with Gasteiger partial charge in [0.2, 0.25) is 0 Å². The van der Waals surface area contributed by atoms with Crippen molar-refractivity contribution in [1.82, 2.24) is 4.90 Å². The molecule has 4 unspecified atom stereocenters. The Kier molecular flexibility index (Phi) is 4.95. The number of carbonyl (C=O) groups excluding carboxylic acids is 1. The molecule has 2 aliphatic heterocycles. The number of ether oxygens (including phenoxy) is 4. The van der Waals surface area contributed by atoms with Gasteiger partial charge in [-0.25, -0.2) is 4.79 Å². The zero-order chi connectivity index (χ0) is 25.9. The van der Waals surface area contributed by atoms with Gasteiger partial charge in [0.1, 0.15) is 11.7 Å². The average molecular weight is 500 g/mol. The first-order valence-corrected chi connectivity index (χ1v) is 13.5. The summed E-state index contributed by atoms with van der Waals surface area (Å²) in [6, 6.07) is 4.13. The van der Waals surface area contributed by atoms with Gasteiger partial charge in [-0.05, 0) is 63.0 Å². The van der Waals surface area contributed by atoms with E-state index in [0.717, 1.165) is 43.6 Å². The van der Waals surface area contributed by atoms with Crippen molar-refractivity contribution in [2.75, 3.05) is 27.4 Å². The van der Waals surface area contributed by atoms with Crippen molar-refractivity contribution in [2.45, 2.75) is 95.5 Å². The summed E-state index contributed by atoms with van der Waals surface area (Å²) in [5.74, 6) is 1.43. The van der Waals surface area contributed by atoms with E-state index in [4.69, 9.17) is 18.9 Å². The molecular weight excluding hydrogens is 458 g/mol. The van der Waals surface area contributed by atoms with Crippen LogP contribution in [0, 0.1) is 16.7 Å². The SMILES string of the molecule is CCOC(=O)N1CC[C@]23c4c5ccc(OC)c4O[C@H]2C2(OC)CCC3(C[C@@H]2C(C)(O)C(C)(C)C)C1C5. The minimum atomic E-state index is -1.01. The lowest BCUT2D eigenvalue weighted by atomic mass is 9.33. The maximum atomic E-state index is 13.3. The van der Waals surface area contributed by atoms with Crippen LogP contribution >= 0.6 is 0 Å². The largest absolute Gasteiger partial charge is 0.493 e. The number of fused-ring (bicyclic) bond motifs is 2. The Morgan fingerprint density at radius 1 is 1.19 bits per heavy atom. The lowest BCUT2D eigenvalue weighted by Crippen LogP contribution is -2.83. The number of aliphatic hydroxyl groups is 1. The molecule has 7 nitrogen and oxygen atoms in total. The quantitative estimate of drug-likeness (QED) is 0.659. The monoisotopic (exact) mass is 499 g/mol. The Balaban J connectivity index is 1.62. The lowest BCUT2D eigenvalue weighted by molar-refractivity contribution is -0.310. The van der Waals surface area contributed by atoms with Crippen LogP contribution in [0.2, 0.25) is 0 Å². The van der Waals surface area contributed by atoms with Crippen molar-refractivity contribution in [1.29, 1.82) is 0 Å². The molecule has 36 heavy (non-hydrogen) atoms. The van der Waals surface area contributed by atoms with Gasteiger partial charge in [-0.15, -0.1) is 0 Å². The summed E-state index contributed by atoms with van der Waals surface area (Å²) in [4.78, 5) is 15.3. The van der Waals surface area contributed by atoms with Crippen molar-refractivity contribution < 1.29 is 28.8 Å². The molecule has 4 bridgehead atoms. The third-order valence-corrected chi connectivity index (χ3v) is 11.3. The summed E-state index contributed by atoms with van der Waals surface area (Å²) in [5, 5.41) is 12.2. The number of rotatable bonds is 4. The first-order valence-electron chi connectivity index (χ1n) is 13.5. The zero-order valence-electron chi connectivity index (χ0n) is 22.8. The van der Waals surface area contributed by atoms with Gasteiger partial charge in [-0.3, -0.25) is 0 Å². The number of methoxy groups -OCH3 is 2. The van der Waals surface area contributed by atoms with Crippen molar-refractivity contribution in [3.05, 3.63) is 23.3 Å². The average Bonchev–Trinajstić information content (AvgIpc) is 3.20. The summed E-state index contributed by atoms with van der Waals surface area (Å²) < 4.78 is 24.9. The van der Waals surface area contributed by atoms with Crippen molar-refractivity contribution in [2.24, 2.45) is 16.7 Å². The van der Waals surface area contributed by atoms with Gasteiger partial charge in [0.25, 0.3) is 0 Å². The van der Waals surface area contributed by atoms with Crippen molar-refractivity contribution in [3.8, 4) is 11.5 Å². The van der Waals surface area contributed by atoms with E-state index in [1.54, 1.807) is 14.2 Å². The molecule has 1 aromatic carbocycles. The predicted molar refractivity (Wildman–Crippen MR) is 135 cm³/mol. The molecule has 1 saturated heterocycles. The van der Waals surface area contributed by atoms with E-state index in [1.165, 1.54) is 11.1 Å². The van der Waals surface area contributed by atoms with Crippen LogP contribution in [0.4, 0.5) is 4.79 Å². The Labute approximate surface area is 214 Å². The fourth-order valence-corrected chi connectivity index (χ4v) is 9.21. The van der Waals surface area contributed by atoms with Crippen LogP contribution in [-0.4, -0.2) is 66.8 Å². The topological polar surface area (TPSA) is 77.5 Å². The molecule has 4 fully saturated rings. The molecule has 2 heterocycles. The summed E-state index contributed by atoms with van der Waals surface area (Å²) in [5.41, 5.74) is -0.0667. The number of likely N-dealkylation sites (tertiary alicyclic amines) is 1. The predicted octanol–water partition coefficient (Wildman–Crippen LogP) is 4.46. The van der Waals surface area contributed by atoms with E-state index in [0.29, 0.717) is 13.2 Å². The molecule has 0 radical (unpaired) electrons. The third kappa shape index (κ3) is 2.50. The standard InChI is InChI=1S/C29H41NO6/c1-8-35-24(31)30-14-13-28-21-17-9-10-18(33-6)22(21)36-23(28)29(34-7)12-11-27(28,20(30)15-17)16-19(29)26(5,32)25(2,3)4/h9-10,19-20,23,32H,8,11-16H2,1-7H3/t19-,20?,23-,26?,27?,28+,29?/m1/s1. The molecule has 1 N–H and O–H groups in total. The highest BCUT2D eigenvalue weighted by Crippen LogP contribution is 2.78. The Morgan fingerprint density at radius 2 is 1.94 bits per heavy atom. The molecule has 2 spiro atoms. The normalized spacial score (nSPS) is 39.2. The van der Waals surface area contributed by atoms with E-state index < -0.39 is 11.2 Å². The van der Waals surface area contributed by atoms with Crippen molar-refractivity contribution in [3.63, 3.8) is 0 Å². The summed E-state index contributed by atoms with van der Waals surface area (Å²) >= 11 is 0. The highest BCUT2D eigenvalue weighted by molar-refractivity contribution is 5.71. The maximum Gasteiger partial charge on any atom is 0.410 e. The van der Waals surface area contributed by atoms with Crippen LogP contribution in [0.5, 0.6) is 11.5 Å². The lowest BCUT2D eigenvalue weighted by Gasteiger charge is -2.75. The van der Waals surface area contributed by atoms with Gasteiger partial charge < -0.3 is 29.0 Å². The summed E-state index contributed by atoms with van der Waals surface area (Å²) in [6.45, 7) is 11.1. The summed E-state index contributed by atoms with van der Waals surface area (Å²) in [6.07, 6.45) is 3.55. The number of benzene rings is 1. The number of piperidine rings is 1. The highest BCUT2D eigenvalue weighted by atomic mass is 16.6. The Hall–Kier alpha value is -1.99.